The van der Waals surface area contributed by atoms with Crippen LogP contribution in [0.2, 0.25) is 0 Å². The molecule has 1 unspecified atom stereocenters. The van der Waals surface area contributed by atoms with Crippen LogP contribution in [0.5, 0.6) is 0 Å². The summed E-state index contributed by atoms with van der Waals surface area (Å²) < 4.78 is 5.45. The molecule has 5 heteroatoms. The summed E-state index contributed by atoms with van der Waals surface area (Å²) in [6, 6.07) is 2.12. The monoisotopic (exact) mass is 210 g/mol. The average molecular weight is 210 g/mol. The molecule has 0 bridgehead atoms. The second-order valence-electron chi connectivity index (χ2n) is 3.45. The maximum atomic E-state index is 5.45. The summed E-state index contributed by atoms with van der Waals surface area (Å²) in [6.45, 7) is 5.90. The van der Waals surface area contributed by atoms with Crippen LogP contribution in [-0.2, 0) is 0 Å². The summed E-state index contributed by atoms with van der Waals surface area (Å²) >= 11 is 0. The number of nitrogens with zero attached hydrogens (tertiary/aromatic N) is 1. The third-order valence-corrected chi connectivity index (χ3v) is 2.26. The van der Waals surface area contributed by atoms with E-state index in [1.54, 1.807) is 7.05 Å². The van der Waals surface area contributed by atoms with Gasteiger partial charge in [-0.3, -0.25) is 10.4 Å². The minimum Gasteiger partial charge on any atom is -0.466 e. The van der Waals surface area contributed by atoms with Crippen molar-refractivity contribution in [3.63, 3.8) is 0 Å². The number of hydrazine groups is 1. The van der Waals surface area contributed by atoms with Gasteiger partial charge in [0.15, 0.2) is 0 Å². The first-order valence-electron chi connectivity index (χ1n) is 4.85. The van der Waals surface area contributed by atoms with Gasteiger partial charge in [0.2, 0.25) is 5.96 Å². The Labute approximate surface area is 89.7 Å². The number of aliphatic imine (C=N–C) groups is 1. The van der Waals surface area contributed by atoms with E-state index in [9.17, 15) is 0 Å². The fourth-order valence-electron chi connectivity index (χ4n) is 1.53. The third-order valence-electron chi connectivity index (χ3n) is 2.26. The molecule has 15 heavy (non-hydrogen) atoms. The van der Waals surface area contributed by atoms with Crippen LogP contribution in [0.15, 0.2) is 15.5 Å². The predicted molar refractivity (Wildman–Crippen MR) is 60.4 cm³/mol. The van der Waals surface area contributed by atoms with Crippen molar-refractivity contribution in [2.24, 2.45) is 10.8 Å². The normalized spacial score (nSPS) is 13.8. The van der Waals surface area contributed by atoms with E-state index in [2.05, 4.69) is 15.7 Å². The van der Waals surface area contributed by atoms with E-state index in [4.69, 9.17) is 10.3 Å². The van der Waals surface area contributed by atoms with Gasteiger partial charge in [0, 0.05) is 12.6 Å². The van der Waals surface area contributed by atoms with Crippen molar-refractivity contribution in [2.45, 2.75) is 26.8 Å². The van der Waals surface area contributed by atoms with Gasteiger partial charge in [-0.25, -0.2) is 5.84 Å². The highest BCUT2D eigenvalue weighted by Gasteiger charge is 2.13. The molecule has 4 N–H and O–H groups in total. The van der Waals surface area contributed by atoms with Gasteiger partial charge in [-0.15, -0.1) is 0 Å². The van der Waals surface area contributed by atoms with Gasteiger partial charge < -0.3 is 9.73 Å². The average Bonchev–Trinajstić information content (AvgIpc) is 2.54. The highest BCUT2D eigenvalue weighted by atomic mass is 16.3. The number of nitrogens with two attached hydrogens (primary N) is 1. The van der Waals surface area contributed by atoms with Crippen LogP contribution in [-0.4, -0.2) is 13.0 Å². The van der Waals surface area contributed by atoms with Crippen LogP contribution in [0.1, 0.15) is 30.0 Å². The highest BCUT2D eigenvalue weighted by molar-refractivity contribution is 5.79. The van der Waals surface area contributed by atoms with Gasteiger partial charge in [-0.2, -0.15) is 0 Å². The maximum absolute atomic E-state index is 5.45. The van der Waals surface area contributed by atoms with Crippen molar-refractivity contribution < 1.29 is 4.42 Å². The Morgan fingerprint density at radius 2 is 2.20 bits per heavy atom. The van der Waals surface area contributed by atoms with Gasteiger partial charge in [0.05, 0.1) is 6.04 Å². The Morgan fingerprint density at radius 3 is 2.60 bits per heavy atom. The standard InChI is InChI=1S/C10H18N4O/c1-6-5-9(8(3)15-6)7(2)13-10(12-4)14-11/h5,7H,11H2,1-4H3,(H2,12,13,14). The number of aryl methyl sites for hydroxylation is 2. The lowest BCUT2D eigenvalue weighted by Gasteiger charge is -2.15. The number of nitrogens with one attached hydrogen (secondary N) is 2. The lowest BCUT2D eigenvalue weighted by molar-refractivity contribution is 0.496. The van der Waals surface area contributed by atoms with Crippen molar-refractivity contribution in [1.29, 1.82) is 0 Å². The number of rotatable bonds is 2. The summed E-state index contributed by atoms with van der Waals surface area (Å²) in [5.41, 5.74) is 3.60. The van der Waals surface area contributed by atoms with Gasteiger partial charge in [0.25, 0.3) is 0 Å². The molecule has 0 saturated carbocycles. The van der Waals surface area contributed by atoms with Gasteiger partial charge in [-0.05, 0) is 26.8 Å². The molecular formula is C10H18N4O. The van der Waals surface area contributed by atoms with E-state index in [1.165, 1.54) is 0 Å². The summed E-state index contributed by atoms with van der Waals surface area (Å²) in [5.74, 6) is 7.67. The fraction of sp³-hybridized carbons (Fsp3) is 0.500. The molecule has 0 aliphatic rings. The highest BCUT2D eigenvalue weighted by Crippen LogP contribution is 2.20. The third kappa shape index (κ3) is 2.73. The van der Waals surface area contributed by atoms with E-state index >= 15 is 0 Å². The van der Waals surface area contributed by atoms with E-state index < -0.39 is 0 Å². The van der Waals surface area contributed by atoms with Gasteiger partial charge in [-0.1, -0.05) is 0 Å². The Balaban J connectivity index is 2.77. The summed E-state index contributed by atoms with van der Waals surface area (Å²) in [4.78, 5) is 3.95. The summed E-state index contributed by atoms with van der Waals surface area (Å²) in [5, 5.41) is 3.14. The van der Waals surface area contributed by atoms with E-state index in [1.807, 2.05) is 26.8 Å². The van der Waals surface area contributed by atoms with Crippen LogP contribution in [0.3, 0.4) is 0 Å². The van der Waals surface area contributed by atoms with E-state index in [0.717, 1.165) is 17.1 Å². The molecule has 0 radical (unpaired) electrons. The summed E-state index contributed by atoms with van der Waals surface area (Å²) in [7, 11) is 1.67. The van der Waals surface area contributed by atoms with E-state index in [-0.39, 0.29) is 6.04 Å². The minimum absolute atomic E-state index is 0.109. The molecule has 5 nitrogen and oxygen atoms in total. The van der Waals surface area contributed by atoms with Crippen LogP contribution >= 0.6 is 0 Å². The van der Waals surface area contributed by atoms with Gasteiger partial charge >= 0.3 is 0 Å². The predicted octanol–water partition coefficient (Wildman–Crippen LogP) is 0.996. The molecule has 0 fully saturated rings. The molecule has 0 amide bonds. The zero-order valence-corrected chi connectivity index (χ0v) is 9.59. The van der Waals surface area contributed by atoms with Crippen molar-refractivity contribution >= 4 is 5.96 Å². The first kappa shape index (κ1) is 11.6. The lowest BCUT2D eigenvalue weighted by Crippen LogP contribution is -2.42. The van der Waals surface area contributed by atoms with Gasteiger partial charge in [0.1, 0.15) is 11.5 Å². The molecule has 1 aromatic heterocycles. The summed E-state index contributed by atoms with van der Waals surface area (Å²) in [6.07, 6.45) is 0. The molecule has 1 heterocycles. The first-order valence-corrected chi connectivity index (χ1v) is 4.85. The van der Waals surface area contributed by atoms with Crippen molar-refractivity contribution in [1.82, 2.24) is 10.7 Å². The number of hydrogen-bond acceptors (Lipinski definition) is 3. The number of guanidine groups is 1. The fourth-order valence-corrected chi connectivity index (χ4v) is 1.53. The largest absolute Gasteiger partial charge is 0.466 e. The molecule has 84 valence electrons. The lowest BCUT2D eigenvalue weighted by atomic mass is 10.1. The minimum atomic E-state index is 0.109. The molecule has 1 atom stereocenters. The Hall–Kier alpha value is -1.49. The molecule has 0 aliphatic carbocycles. The van der Waals surface area contributed by atoms with Crippen LogP contribution in [0.25, 0.3) is 0 Å². The zero-order valence-electron chi connectivity index (χ0n) is 9.59. The molecule has 1 aromatic rings. The molecule has 0 saturated heterocycles. The van der Waals surface area contributed by atoms with Crippen LogP contribution in [0.4, 0.5) is 0 Å². The smallest absolute Gasteiger partial charge is 0.205 e. The second-order valence-corrected chi connectivity index (χ2v) is 3.45. The van der Waals surface area contributed by atoms with Crippen LogP contribution in [0, 0.1) is 13.8 Å². The molecule has 1 rings (SSSR count). The van der Waals surface area contributed by atoms with Crippen LogP contribution < -0.4 is 16.6 Å². The van der Waals surface area contributed by atoms with Crippen molar-refractivity contribution in [3.05, 3.63) is 23.2 Å². The topological polar surface area (TPSA) is 75.6 Å². The molecule has 0 spiro atoms. The maximum Gasteiger partial charge on any atom is 0.205 e. The molecular weight excluding hydrogens is 192 g/mol. The Kier molecular flexibility index (Phi) is 3.74. The number of hydrogen-bond donors (Lipinski definition) is 3. The van der Waals surface area contributed by atoms with Crippen molar-refractivity contribution in [2.75, 3.05) is 7.05 Å². The Bertz CT molecular complexity index is 356. The zero-order chi connectivity index (χ0) is 11.4. The molecule has 0 aliphatic heterocycles. The van der Waals surface area contributed by atoms with E-state index in [0.29, 0.717) is 5.96 Å². The Morgan fingerprint density at radius 1 is 1.53 bits per heavy atom. The SMILES string of the molecule is CN=C(NN)NC(C)c1cc(C)oc1C. The second kappa shape index (κ2) is 4.84. The quantitative estimate of drug-likeness (QED) is 0.294. The van der Waals surface area contributed by atoms with Crippen molar-refractivity contribution in [3.8, 4) is 0 Å². The molecule has 0 aromatic carbocycles. The number of furan rings is 1. The first-order chi connectivity index (χ1) is 7.08.